The van der Waals surface area contributed by atoms with Crippen LogP contribution in [-0.4, -0.2) is 23.2 Å². The van der Waals surface area contributed by atoms with Crippen molar-refractivity contribution in [2.75, 3.05) is 13.2 Å². The van der Waals surface area contributed by atoms with Gasteiger partial charge in [0, 0.05) is 12.1 Å². The van der Waals surface area contributed by atoms with E-state index in [1.807, 2.05) is 0 Å². The molecule has 0 unspecified atom stereocenters. The monoisotopic (exact) mass is 264 g/mol. The van der Waals surface area contributed by atoms with Gasteiger partial charge in [-0.15, -0.1) is 0 Å². The first-order valence-corrected chi connectivity index (χ1v) is 5.74. The molecule has 0 radical (unpaired) electrons. The fraction of sp³-hybridized carbons (Fsp3) is 0.167. The lowest BCUT2D eigenvalue weighted by molar-refractivity contribution is 0.171. The van der Waals surface area contributed by atoms with Crippen LogP contribution in [0.4, 0.5) is 0 Å². The molecule has 1 aromatic carbocycles. The molecule has 2 heterocycles. The van der Waals surface area contributed by atoms with E-state index in [0.29, 0.717) is 41.5 Å². The third-order valence-corrected chi connectivity index (χ3v) is 2.55. The highest BCUT2D eigenvalue weighted by molar-refractivity contribution is 6.29. The minimum Gasteiger partial charge on any atom is -0.486 e. The van der Waals surface area contributed by atoms with E-state index in [9.17, 15) is 0 Å². The smallest absolute Gasteiger partial charge is 0.223 e. The Morgan fingerprint density at radius 1 is 1.06 bits per heavy atom. The van der Waals surface area contributed by atoms with Gasteiger partial charge in [0.05, 0.1) is 0 Å². The molecule has 0 saturated heterocycles. The van der Waals surface area contributed by atoms with Gasteiger partial charge in [0.2, 0.25) is 5.88 Å². The molecule has 3 rings (SSSR count). The lowest BCUT2D eigenvalue weighted by Gasteiger charge is -2.18. The molecule has 0 spiro atoms. The SMILES string of the molecule is Clc1cc(Oc2ccc3c(c2)OCCO3)ncn1. The van der Waals surface area contributed by atoms with Crippen LogP contribution in [-0.2, 0) is 0 Å². The third kappa shape index (κ3) is 2.31. The number of fused-ring (bicyclic) bond motifs is 1. The first-order valence-electron chi connectivity index (χ1n) is 5.36. The number of ether oxygens (including phenoxy) is 3. The van der Waals surface area contributed by atoms with E-state index in [4.69, 9.17) is 25.8 Å². The molecule has 92 valence electrons. The number of hydrogen-bond donors (Lipinski definition) is 0. The summed E-state index contributed by atoms with van der Waals surface area (Å²) in [4.78, 5) is 7.74. The van der Waals surface area contributed by atoms with Crippen LogP contribution in [0.2, 0.25) is 5.15 Å². The van der Waals surface area contributed by atoms with Crippen molar-refractivity contribution in [2.24, 2.45) is 0 Å². The Morgan fingerprint density at radius 3 is 2.72 bits per heavy atom. The molecule has 0 aliphatic carbocycles. The van der Waals surface area contributed by atoms with E-state index in [1.54, 1.807) is 24.3 Å². The zero-order chi connectivity index (χ0) is 12.4. The Hall–Kier alpha value is -2.01. The molecule has 6 heteroatoms. The summed E-state index contributed by atoms with van der Waals surface area (Å²) in [6.07, 6.45) is 1.34. The van der Waals surface area contributed by atoms with E-state index in [2.05, 4.69) is 9.97 Å². The predicted octanol–water partition coefficient (Wildman–Crippen LogP) is 2.69. The largest absolute Gasteiger partial charge is 0.486 e. The topological polar surface area (TPSA) is 53.5 Å². The molecule has 0 amide bonds. The molecule has 5 nitrogen and oxygen atoms in total. The summed E-state index contributed by atoms with van der Waals surface area (Å²) < 4.78 is 16.4. The average Bonchev–Trinajstić information content (AvgIpc) is 2.39. The van der Waals surface area contributed by atoms with Gasteiger partial charge in [-0.05, 0) is 12.1 Å². The van der Waals surface area contributed by atoms with Crippen molar-refractivity contribution < 1.29 is 14.2 Å². The van der Waals surface area contributed by atoms with E-state index >= 15 is 0 Å². The maximum absolute atomic E-state index is 5.75. The van der Waals surface area contributed by atoms with Crippen LogP contribution < -0.4 is 14.2 Å². The van der Waals surface area contributed by atoms with Crippen LogP contribution in [0.1, 0.15) is 0 Å². The molecule has 2 aromatic rings. The highest BCUT2D eigenvalue weighted by Crippen LogP contribution is 2.34. The minimum absolute atomic E-state index is 0.331. The van der Waals surface area contributed by atoms with Crippen LogP contribution in [0.3, 0.4) is 0 Å². The van der Waals surface area contributed by atoms with Crippen LogP contribution in [0.5, 0.6) is 23.1 Å². The summed E-state index contributed by atoms with van der Waals surface area (Å²) in [5.41, 5.74) is 0. The van der Waals surface area contributed by atoms with Crippen LogP contribution in [0, 0.1) is 0 Å². The molecular formula is C12H9ClN2O3. The minimum atomic E-state index is 0.331. The van der Waals surface area contributed by atoms with Gasteiger partial charge >= 0.3 is 0 Å². The molecule has 0 bridgehead atoms. The highest BCUT2D eigenvalue weighted by Gasteiger charge is 2.12. The summed E-state index contributed by atoms with van der Waals surface area (Å²) in [5, 5.41) is 0.331. The molecular weight excluding hydrogens is 256 g/mol. The first kappa shape index (κ1) is 11.1. The van der Waals surface area contributed by atoms with Crippen molar-refractivity contribution in [2.45, 2.75) is 0 Å². The average molecular weight is 265 g/mol. The van der Waals surface area contributed by atoms with E-state index in [1.165, 1.54) is 6.33 Å². The second-order valence-electron chi connectivity index (χ2n) is 3.59. The normalized spacial score (nSPS) is 13.2. The standard InChI is InChI=1S/C12H9ClN2O3/c13-11-6-12(15-7-14-11)18-8-1-2-9-10(5-8)17-4-3-16-9/h1-2,5-7H,3-4H2. The van der Waals surface area contributed by atoms with Gasteiger partial charge in [0.1, 0.15) is 30.4 Å². The maximum Gasteiger partial charge on any atom is 0.223 e. The molecule has 1 aliphatic heterocycles. The number of rotatable bonds is 2. The molecule has 0 N–H and O–H groups in total. The molecule has 1 aliphatic rings. The number of benzene rings is 1. The molecule has 1 aromatic heterocycles. The maximum atomic E-state index is 5.75. The van der Waals surface area contributed by atoms with Gasteiger partial charge in [0.15, 0.2) is 11.5 Å². The van der Waals surface area contributed by atoms with Gasteiger partial charge in [-0.25, -0.2) is 9.97 Å². The van der Waals surface area contributed by atoms with Crippen molar-refractivity contribution >= 4 is 11.6 Å². The van der Waals surface area contributed by atoms with E-state index in [0.717, 1.165) is 0 Å². The Kier molecular flexibility index (Phi) is 2.90. The predicted molar refractivity (Wildman–Crippen MR) is 64.5 cm³/mol. The third-order valence-electron chi connectivity index (χ3n) is 2.34. The molecule has 0 fully saturated rings. The van der Waals surface area contributed by atoms with Gasteiger partial charge in [-0.2, -0.15) is 0 Å². The fourth-order valence-electron chi connectivity index (χ4n) is 1.58. The van der Waals surface area contributed by atoms with E-state index < -0.39 is 0 Å². The van der Waals surface area contributed by atoms with Crippen molar-refractivity contribution in [1.29, 1.82) is 0 Å². The molecule has 0 saturated carbocycles. The zero-order valence-electron chi connectivity index (χ0n) is 9.30. The quantitative estimate of drug-likeness (QED) is 0.781. The fourth-order valence-corrected chi connectivity index (χ4v) is 1.72. The number of nitrogens with zero attached hydrogens (tertiary/aromatic N) is 2. The van der Waals surface area contributed by atoms with Crippen LogP contribution >= 0.6 is 11.6 Å². The summed E-state index contributed by atoms with van der Waals surface area (Å²) in [6.45, 7) is 1.10. The number of aromatic nitrogens is 2. The van der Waals surface area contributed by atoms with E-state index in [-0.39, 0.29) is 0 Å². The van der Waals surface area contributed by atoms with Gasteiger partial charge in [-0.3, -0.25) is 0 Å². The Morgan fingerprint density at radius 2 is 1.89 bits per heavy atom. The van der Waals surface area contributed by atoms with Gasteiger partial charge in [-0.1, -0.05) is 11.6 Å². The van der Waals surface area contributed by atoms with Crippen LogP contribution in [0.15, 0.2) is 30.6 Å². The second-order valence-corrected chi connectivity index (χ2v) is 3.97. The molecule has 0 atom stereocenters. The highest BCUT2D eigenvalue weighted by atomic mass is 35.5. The Bertz CT molecular complexity index is 577. The summed E-state index contributed by atoms with van der Waals surface area (Å²) in [6, 6.07) is 6.87. The lowest BCUT2D eigenvalue weighted by atomic mass is 10.3. The summed E-state index contributed by atoms with van der Waals surface area (Å²) >= 11 is 5.75. The van der Waals surface area contributed by atoms with Gasteiger partial charge in [0.25, 0.3) is 0 Å². The first-order chi connectivity index (χ1) is 8.81. The lowest BCUT2D eigenvalue weighted by Crippen LogP contribution is -2.15. The summed E-state index contributed by atoms with van der Waals surface area (Å²) in [7, 11) is 0. The number of hydrogen-bond acceptors (Lipinski definition) is 5. The second kappa shape index (κ2) is 4.70. The van der Waals surface area contributed by atoms with Crippen molar-refractivity contribution in [3.05, 3.63) is 35.7 Å². The zero-order valence-corrected chi connectivity index (χ0v) is 10.1. The van der Waals surface area contributed by atoms with Gasteiger partial charge < -0.3 is 14.2 Å². The van der Waals surface area contributed by atoms with Crippen molar-refractivity contribution in [3.8, 4) is 23.1 Å². The summed E-state index contributed by atoms with van der Waals surface area (Å²) in [5.74, 6) is 2.37. The van der Waals surface area contributed by atoms with Crippen molar-refractivity contribution in [1.82, 2.24) is 9.97 Å². The Labute approximate surface area is 108 Å². The van der Waals surface area contributed by atoms with Crippen molar-refractivity contribution in [3.63, 3.8) is 0 Å². The molecule has 18 heavy (non-hydrogen) atoms. The Balaban J connectivity index is 1.85. The van der Waals surface area contributed by atoms with Crippen LogP contribution in [0.25, 0.3) is 0 Å². The number of halogens is 1.